The van der Waals surface area contributed by atoms with E-state index in [1.165, 1.54) is 12.1 Å². The van der Waals surface area contributed by atoms with Crippen LogP contribution in [-0.2, 0) is 28.8 Å². The van der Waals surface area contributed by atoms with Crippen molar-refractivity contribution in [2.75, 3.05) is 13.1 Å². The first kappa shape index (κ1) is 27.8. The van der Waals surface area contributed by atoms with Crippen LogP contribution in [0.25, 0.3) is 0 Å². The number of imide groups is 1. The minimum absolute atomic E-state index is 0.0967. The second-order valence-corrected chi connectivity index (χ2v) is 8.08. The van der Waals surface area contributed by atoms with Crippen molar-refractivity contribution in [3.63, 3.8) is 0 Å². The van der Waals surface area contributed by atoms with E-state index < -0.39 is 66.5 Å². The number of nitrogens with one attached hydrogen (secondary N) is 2. The Kier molecular flexibility index (Phi) is 9.89. The summed E-state index contributed by atoms with van der Waals surface area (Å²) >= 11 is 0. The first-order valence-electron chi connectivity index (χ1n) is 11.0. The van der Waals surface area contributed by atoms with Gasteiger partial charge >= 0.3 is 11.9 Å². The number of carbonyl (C=O) groups excluding carboxylic acids is 4. The Morgan fingerprint density at radius 1 is 1.08 bits per heavy atom. The molecule has 14 nitrogen and oxygen atoms in total. The molecule has 1 unspecified atom stereocenters. The smallest absolute Gasteiger partial charge is 0.330 e. The molecule has 0 bridgehead atoms. The monoisotopic (exact) mass is 504 g/mol. The van der Waals surface area contributed by atoms with Crippen LogP contribution in [0.15, 0.2) is 35.3 Å². The number of nitrogens with two attached hydrogens (primary N) is 2. The second kappa shape index (κ2) is 12.8. The summed E-state index contributed by atoms with van der Waals surface area (Å²) in [5.74, 6) is -6.75. The number of carboxylic acids is 2. The maximum Gasteiger partial charge on any atom is 0.330 e. The van der Waals surface area contributed by atoms with E-state index in [2.05, 4.69) is 15.6 Å². The highest BCUT2D eigenvalue weighted by atomic mass is 16.4. The summed E-state index contributed by atoms with van der Waals surface area (Å²) in [5.41, 5.74) is 10.7. The van der Waals surface area contributed by atoms with Gasteiger partial charge in [-0.15, -0.1) is 0 Å². The summed E-state index contributed by atoms with van der Waals surface area (Å²) in [7, 11) is 0. The number of hydrogen-bond acceptors (Lipinski definition) is 7. The summed E-state index contributed by atoms with van der Waals surface area (Å²) in [4.78, 5) is 77.5. The van der Waals surface area contributed by atoms with Crippen LogP contribution < -0.4 is 22.1 Å². The van der Waals surface area contributed by atoms with E-state index in [0.29, 0.717) is 12.8 Å². The highest BCUT2D eigenvalue weighted by Gasteiger charge is 2.39. The fourth-order valence-electron chi connectivity index (χ4n) is 3.63. The zero-order valence-corrected chi connectivity index (χ0v) is 19.3. The van der Waals surface area contributed by atoms with E-state index in [-0.39, 0.29) is 24.5 Å². The summed E-state index contributed by atoms with van der Waals surface area (Å²) in [6.45, 7) is -0.445. The molecule has 1 fully saturated rings. The van der Waals surface area contributed by atoms with Gasteiger partial charge in [0, 0.05) is 18.9 Å². The SMILES string of the molecule is NC(N)=NCCCC1CC(=O)N(CC(=O)N[C@@H](CC(=O)O)C(=O)N[C@H](C(=O)O)c2ccccc2)C1=O. The molecule has 8 N–H and O–H groups in total. The van der Waals surface area contributed by atoms with Crippen LogP contribution in [0.5, 0.6) is 0 Å². The van der Waals surface area contributed by atoms with Crippen LogP contribution in [0.3, 0.4) is 0 Å². The van der Waals surface area contributed by atoms with Crippen LogP contribution in [0.1, 0.15) is 37.3 Å². The molecular weight excluding hydrogens is 476 g/mol. The van der Waals surface area contributed by atoms with E-state index >= 15 is 0 Å². The molecule has 0 aromatic heterocycles. The van der Waals surface area contributed by atoms with Crippen LogP contribution in [0, 0.1) is 5.92 Å². The molecule has 1 aliphatic heterocycles. The molecule has 2 rings (SSSR count). The van der Waals surface area contributed by atoms with E-state index in [4.69, 9.17) is 16.6 Å². The van der Waals surface area contributed by atoms with Gasteiger partial charge in [0.2, 0.25) is 23.6 Å². The average molecular weight is 505 g/mol. The van der Waals surface area contributed by atoms with Crippen molar-refractivity contribution in [3.8, 4) is 0 Å². The van der Waals surface area contributed by atoms with Gasteiger partial charge in [0.1, 0.15) is 12.6 Å². The Labute approximate surface area is 205 Å². The molecule has 0 spiro atoms. The number of benzene rings is 1. The van der Waals surface area contributed by atoms with Crippen molar-refractivity contribution in [1.29, 1.82) is 0 Å². The zero-order valence-electron chi connectivity index (χ0n) is 19.3. The summed E-state index contributed by atoms with van der Waals surface area (Å²) < 4.78 is 0. The van der Waals surface area contributed by atoms with Crippen molar-refractivity contribution >= 4 is 41.5 Å². The van der Waals surface area contributed by atoms with Gasteiger partial charge in [0.05, 0.1) is 6.42 Å². The largest absolute Gasteiger partial charge is 0.481 e. The lowest BCUT2D eigenvalue weighted by atomic mass is 10.0. The number of amides is 4. The summed E-state index contributed by atoms with van der Waals surface area (Å²) in [5, 5.41) is 23.0. The quantitative estimate of drug-likeness (QED) is 0.0772. The van der Waals surface area contributed by atoms with Crippen LogP contribution in [0.4, 0.5) is 0 Å². The lowest BCUT2D eigenvalue weighted by Gasteiger charge is -2.22. The number of likely N-dealkylation sites (tertiary alicyclic amines) is 1. The van der Waals surface area contributed by atoms with E-state index in [0.717, 1.165) is 4.90 Å². The molecule has 194 valence electrons. The van der Waals surface area contributed by atoms with E-state index in [1.807, 2.05) is 0 Å². The van der Waals surface area contributed by atoms with Crippen LogP contribution in [-0.4, -0.2) is 75.8 Å². The fraction of sp³-hybridized carbons (Fsp3) is 0.409. The van der Waals surface area contributed by atoms with Gasteiger partial charge in [0.15, 0.2) is 12.0 Å². The van der Waals surface area contributed by atoms with Crippen molar-refractivity contribution in [2.24, 2.45) is 22.4 Å². The molecule has 36 heavy (non-hydrogen) atoms. The molecular formula is C22H28N6O8. The van der Waals surface area contributed by atoms with Gasteiger partial charge in [-0.1, -0.05) is 30.3 Å². The number of rotatable bonds is 13. The Balaban J connectivity index is 2.02. The molecule has 14 heteroatoms. The van der Waals surface area contributed by atoms with E-state index in [1.54, 1.807) is 18.2 Å². The standard InChI is InChI=1S/C22H28N6O8/c23-22(24)25-8-4-7-13-9-16(30)28(20(13)34)11-15(29)26-14(10-17(31)32)19(33)27-18(21(35)36)12-5-2-1-3-6-12/h1-3,5-6,13-14,18H,4,7-11H2,(H,26,29)(H,27,33)(H,31,32)(H,35,36)(H4,23,24,25)/t13?,14-,18-/m0/s1. The van der Waals surface area contributed by atoms with E-state index in [9.17, 15) is 33.9 Å². The Morgan fingerprint density at radius 2 is 1.75 bits per heavy atom. The molecule has 0 radical (unpaired) electrons. The minimum atomic E-state index is -1.65. The number of carboxylic acid groups (broad SMARTS) is 2. The third kappa shape index (κ3) is 8.07. The fourth-order valence-corrected chi connectivity index (χ4v) is 3.63. The average Bonchev–Trinajstić information content (AvgIpc) is 3.07. The maximum absolute atomic E-state index is 12.7. The second-order valence-electron chi connectivity index (χ2n) is 8.08. The zero-order chi connectivity index (χ0) is 26.8. The first-order chi connectivity index (χ1) is 17.0. The molecule has 0 saturated carbocycles. The van der Waals surface area contributed by atoms with Crippen molar-refractivity contribution in [1.82, 2.24) is 15.5 Å². The third-order valence-electron chi connectivity index (χ3n) is 5.34. The molecule has 1 aliphatic rings. The Hall–Kier alpha value is -4.49. The number of aliphatic imine (C=N–C) groups is 1. The van der Waals surface area contributed by atoms with Gasteiger partial charge in [-0.25, -0.2) is 4.79 Å². The molecule has 1 aromatic carbocycles. The summed E-state index contributed by atoms with van der Waals surface area (Å²) in [6.07, 6.45) is -0.202. The highest BCUT2D eigenvalue weighted by molar-refractivity contribution is 6.06. The number of nitrogens with zero attached hydrogens (tertiary/aromatic N) is 2. The molecule has 3 atom stereocenters. The topological polar surface area (TPSA) is 235 Å². The van der Waals surface area contributed by atoms with Crippen LogP contribution >= 0.6 is 0 Å². The Bertz CT molecular complexity index is 1040. The third-order valence-corrected chi connectivity index (χ3v) is 5.34. The summed E-state index contributed by atoms with van der Waals surface area (Å²) in [6, 6.07) is 4.55. The lowest BCUT2D eigenvalue weighted by Crippen LogP contribution is -2.52. The normalized spacial score (nSPS) is 16.7. The Morgan fingerprint density at radius 3 is 2.33 bits per heavy atom. The van der Waals surface area contributed by atoms with Gasteiger partial charge in [0.25, 0.3) is 0 Å². The number of guanidine groups is 1. The van der Waals surface area contributed by atoms with Gasteiger partial charge in [-0.2, -0.15) is 0 Å². The van der Waals surface area contributed by atoms with Gasteiger partial charge < -0.3 is 32.3 Å². The number of hydrogen-bond donors (Lipinski definition) is 6. The van der Waals surface area contributed by atoms with Gasteiger partial charge in [-0.05, 0) is 18.4 Å². The predicted molar refractivity (Wildman–Crippen MR) is 124 cm³/mol. The van der Waals surface area contributed by atoms with Gasteiger partial charge in [-0.3, -0.25) is 33.9 Å². The first-order valence-corrected chi connectivity index (χ1v) is 11.0. The van der Waals surface area contributed by atoms with Crippen molar-refractivity contribution in [3.05, 3.63) is 35.9 Å². The molecule has 4 amide bonds. The molecule has 1 heterocycles. The predicted octanol–water partition coefficient (Wildman–Crippen LogP) is -1.68. The molecule has 1 saturated heterocycles. The van der Waals surface area contributed by atoms with Crippen molar-refractivity contribution in [2.45, 2.75) is 37.8 Å². The number of aliphatic carboxylic acids is 2. The highest BCUT2D eigenvalue weighted by Crippen LogP contribution is 2.23. The number of carbonyl (C=O) groups is 6. The van der Waals surface area contributed by atoms with Crippen molar-refractivity contribution < 1.29 is 39.0 Å². The maximum atomic E-state index is 12.7. The molecule has 1 aromatic rings. The lowest BCUT2D eigenvalue weighted by molar-refractivity contribution is -0.146. The molecule has 0 aliphatic carbocycles. The minimum Gasteiger partial charge on any atom is -0.481 e. The van der Waals surface area contributed by atoms with Crippen LogP contribution in [0.2, 0.25) is 0 Å².